The van der Waals surface area contributed by atoms with Crippen LogP contribution < -0.4 is 5.32 Å². The van der Waals surface area contributed by atoms with Crippen molar-refractivity contribution in [3.63, 3.8) is 0 Å². The summed E-state index contributed by atoms with van der Waals surface area (Å²) in [5.41, 5.74) is 1.29. The highest BCUT2D eigenvalue weighted by atomic mass is 35.5. The molecule has 0 heterocycles. The van der Waals surface area contributed by atoms with E-state index < -0.39 is 0 Å². The lowest BCUT2D eigenvalue weighted by Gasteiger charge is -2.19. The first kappa shape index (κ1) is 14.8. The maximum absolute atomic E-state index is 6.34. The molecular formula is C16H24ClNO. The van der Waals surface area contributed by atoms with Crippen molar-refractivity contribution in [2.24, 2.45) is 0 Å². The third kappa shape index (κ3) is 5.13. The van der Waals surface area contributed by atoms with Gasteiger partial charge in [0.1, 0.15) is 0 Å². The highest BCUT2D eigenvalue weighted by Crippen LogP contribution is 2.29. The monoisotopic (exact) mass is 281 g/mol. The summed E-state index contributed by atoms with van der Waals surface area (Å²) in [5, 5.41) is 4.53. The third-order valence-electron chi connectivity index (χ3n) is 3.73. The fourth-order valence-electron chi connectivity index (χ4n) is 2.41. The van der Waals surface area contributed by atoms with Crippen LogP contribution in [0.25, 0.3) is 0 Å². The van der Waals surface area contributed by atoms with Crippen LogP contribution in [-0.2, 0) is 4.74 Å². The lowest BCUT2D eigenvalue weighted by Crippen LogP contribution is -2.23. The van der Waals surface area contributed by atoms with Crippen molar-refractivity contribution in [3.8, 4) is 0 Å². The van der Waals surface area contributed by atoms with Gasteiger partial charge in [0.15, 0.2) is 0 Å². The fourth-order valence-corrected chi connectivity index (χ4v) is 2.70. The molecule has 0 radical (unpaired) electrons. The molecule has 1 unspecified atom stereocenters. The average molecular weight is 282 g/mol. The first-order chi connectivity index (χ1) is 9.31. The fraction of sp³-hybridized carbons (Fsp3) is 0.625. The SMILES string of the molecule is COCCCCC(CNC1CC1)c1ccccc1Cl. The van der Waals surface area contributed by atoms with Crippen LogP contribution in [0.3, 0.4) is 0 Å². The molecule has 1 aromatic rings. The summed E-state index contributed by atoms with van der Waals surface area (Å²) in [7, 11) is 1.76. The Hall–Kier alpha value is -0.570. The Kier molecular flexibility index (Phi) is 6.15. The average Bonchev–Trinajstić information content (AvgIpc) is 3.23. The van der Waals surface area contributed by atoms with Gasteiger partial charge in [0.05, 0.1) is 0 Å². The number of nitrogens with one attached hydrogen (secondary N) is 1. The molecule has 3 heteroatoms. The van der Waals surface area contributed by atoms with E-state index in [1.54, 1.807) is 7.11 Å². The first-order valence-corrected chi connectivity index (χ1v) is 7.66. The van der Waals surface area contributed by atoms with E-state index >= 15 is 0 Å². The van der Waals surface area contributed by atoms with E-state index in [-0.39, 0.29) is 0 Å². The van der Waals surface area contributed by atoms with Gasteiger partial charge in [-0.2, -0.15) is 0 Å². The van der Waals surface area contributed by atoms with Crippen molar-refractivity contribution in [3.05, 3.63) is 34.9 Å². The second kappa shape index (κ2) is 7.88. The Bertz CT molecular complexity index is 379. The molecule has 2 nitrogen and oxygen atoms in total. The van der Waals surface area contributed by atoms with Gasteiger partial charge < -0.3 is 10.1 Å². The summed E-state index contributed by atoms with van der Waals surface area (Å²) in [6.45, 7) is 1.90. The Morgan fingerprint density at radius 3 is 2.79 bits per heavy atom. The lowest BCUT2D eigenvalue weighted by molar-refractivity contribution is 0.191. The van der Waals surface area contributed by atoms with Gasteiger partial charge in [-0.15, -0.1) is 0 Å². The molecule has 0 spiro atoms. The molecule has 1 aromatic carbocycles. The molecule has 1 N–H and O–H groups in total. The van der Waals surface area contributed by atoms with Gasteiger partial charge in [-0.1, -0.05) is 36.2 Å². The summed E-state index contributed by atoms with van der Waals surface area (Å²) < 4.78 is 5.12. The predicted octanol–water partition coefficient (Wildman–Crippen LogP) is 3.99. The second-order valence-electron chi connectivity index (χ2n) is 5.39. The van der Waals surface area contributed by atoms with Crippen molar-refractivity contribution in [2.75, 3.05) is 20.3 Å². The van der Waals surface area contributed by atoms with Crippen molar-refractivity contribution in [1.82, 2.24) is 5.32 Å². The molecule has 1 saturated carbocycles. The van der Waals surface area contributed by atoms with Crippen LogP contribution in [0.5, 0.6) is 0 Å². The summed E-state index contributed by atoms with van der Waals surface area (Å²) in [6.07, 6.45) is 6.15. The molecule has 106 valence electrons. The molecule has 0 aliphatic heterocycles. The number of benzene rings is 1. The Morgan fingerprint density at radius 2 is 2.11 bits per heavy atom. The van der Waals surface area contributed by atoms with E-state index in [0.717, 1.165) is 30.6 Å². The maximum atomic E-state index is 6.34. The summed E-state index contributed by atoms with van der Waals surface area (Å²) in [5.74, 6) is 0.520. The van der Waals surface area contributed by atoms with Gasteiger partial charge in [-0.3, -0.25) is 0 Å². The third-order valence-corrected chi connectivity index (χ3v) is 4.07. The van der Waals surface area contributed by atoms with E-state index in [9.17, 15) is 0 Å². The Balaban J connectivity index is 1.90. The van der Waals surface area contributed by atoms with Crippen molar-refractivity contribution in [2.45, 2.75) is 44.1 Å². The van der Waals surface area contributed by atoms with Crippen LogP contribution in [0.2, 0.25) is 5.02 Å². The van der Waals surface area contributed by atoms with E-state index in [0.29, 0.717) is 5.92 Å². The molecule has 0 saturated heterocycles. The Labute approximate surface area is 121 Å². The highest BCUT2D eigenvalue weighted by molar-refractivity contribution is 6.31. The number of methoxy groups -OCH3 is 1. The zero-order valence-electron chi connectivity index (χ0n) is 11.7. The van der Waals surface area contributed by atoms with Crippen LogP contribution in [0.1, 0.15) is 43.6 Å². The maximum Gasteiger partial charge on any atom is 0.0462 e. The summed E-state index contributed by atoms with van der Waals surface area (Å²) in [6, 6.07) is 9.00. The second-order valence-corrected chi connectivity index (χ2v) is 5.80. The molecule has 0 bridgehead atoms. The van der Waals surface area contributed by atoms with Crippen LogP contribution in [0, 0.1) is 0 Å². The predicted molar refractivity (Wildman–Crippen MR) is 80.9 cm³/mol. The van der Waals surface area contributed by atoms with Crippen LogP contribution >= 0.6 is 11.6 Å². The molecular weight excluding hydrogens is 258 g/mol. The molecule has 1 atom stereocenters. The normalized spacial score (nSPS) is 16.5. The number of hydrogen-bond donors (Lipinski definition) is 1. The number of halogens is 1. The molecule has 0 aromatic heterocycles. The van der Waals surface area contributed by atoms with Gasteiger partial charge in [0.2, 0.25) is 0 Å². The number of hydrogen-bond acceptors (Lipinski definition) is 2. The minimum atomic E-state index is 0.520. The zero-order valence-corrected chi connectivity index (χ0v) is 12.5. The summed E-state index contributed by atoms with van der Waals surface area (Å²) >= 11 is 6.34. The van der Waals surface area contributed by atoms with Crippen molar-refractivity contribution in [1.29, 1.82) is 0 Å². The first-order valence-electron chi connectivity index (χ1n) is 7.28. The van der Waals surface area contributed by atoms with Crippen LogP contribution in [0.4, 0.5) is 0 Å². The summed E-state index contributed by atoms with van der Waals surface area (Å²) in [4.78, 5) is 0. The molecule has 2 rings (SSSR count). The number of rotatable bonds is 9. The molecule has 0 amide bonds. The van der Waals surface area contributed by atoms with Gasteiger partial charge in [-0.05, 0) is 43.2 Å². The van der Waals surface area contributed by atoms with Crippen LogP contribution in [-0.4, -0.2) is 26.3 Å². The van der Waals surface area contributed by atoms with E-state index in [2.05, 4.69) is 17.4 Å². The van der Waals surface area contributed by atoms with Crippen LogP contribution in [0.15, 0.2) is 24.3 Å². The number of unbranched alkanes of at least 4 members (excludes halogenated alkanes) is 1. The lowest BCUT2D eigenvalue weighted by atomic mass is 9.93. The quantitative estimate of drug-likeness (QED) is 0.691. The standard InChI is InChI=1S/C16H24ClNO/c1-19-11-5-4-6-13(12-18-14-9-10-14)15-7-2-3-8-16(15)17/h2-3,7-8,13-14,18H,4-6,9-12H2,1H3. The van der Waals surface area contributed by atoms with Gasteiger partial charge in [0.25, 0.3) is 0 Å². The molecule has 1 fully saturated rings. The minimum Gasteiger partial charge on any atom is -0.385 e. The van der Waals surface area contributed by atoms with E-state index in [4.69, 9.17) is 16.3 Å². The van der Waals surface area contributed by atoms with Gasteiger partial charge >= 0.3 is 0 Å². The Morgan fingerprint density at radius 1 is 1.32 bits per heavy atom. The van der Waals surface area contributed by atoms with Gasteiger partial charge in [-0.25, -0.2) is 0 Å². The largest absolute Gasteiger partial charge is 0.385 e. The van der Waals surface area contributed by atoms with E-state index in [1.807, 2.05) is 12.1 Å². The van der Waals surface area contributed by atoms with Crippen molar-refractivity contribution < 1.29 is 4.74 Å². The highest BCUT2D eigenvalue weighted by Gasteiger charge is 2.23. The number of ether oxygens (including phenoxy) is 1. The van der Waals surface area contributed by atoms with Crippen molar-refractivity contribution >= 4 is 11.6 Å². The minimum absolute atomic E-state index is 0.520. The topological polar surface area (TPSA) is 21.3 Å². The van der Waals surface area contributed by atoms with E-state index in [1.165, 1.54) is 31.2 Å². The molecule has 19 heavy (non-hydrogen) atoms. The van der Waals surface area contributed by atoms with Gasteiger partial charge in [0, 0.05) is 31.3 Å². The smallest absolute Gasteiger partial charge is 0.0462 e. The zero-order chi connectivity index (χ0) is 13.5. The molecule has 1 aliphatic rings. The molecule has 1 aliphatic carbocycles.